The summed E-state index contributed by atoms with van der Waals surface area (Å²) in [5.74, 6) is -0.208. The lowest BCUT2D eigenvalue weighted by Crippen LogP contribution is -2.45. The highest BCUT2D eigenvalue weighted by atomic mass is 31.2. The highest BCUT2D eigenvalue weighted by Crippen LogP contribution is 2.38. The van der Waals surface area contributed by atoms with Crippen molar-refractivity contribution in [3.63, 3.8) is 0 Å². The lowest BCUT2D eigenvalue weighted by Gasteiger charge is -2.29. The van der Waals surface area contributed by atoms with Crippen molar-refractivity contribution in [2.75, 3.05) is 40.9 Å². The number of carbonyl (C=O) groups is 1. The average molecular weight is 1290 g/mol. The van der Waals surface area contributed by atoms with Crippen molar-refractivity contribution in [2.45, 2.75) is 366 Å². The number of rotatable bonds is 71. The van der Waals surface area contributed by atoms with Crippen LogP contribution in [0.5, 0.6) is 0 Å². The average Bonchev–Trinajstić information content (AvgIpc) is 3.59. The number of aliphatic hydroxyl groups excluding tert-OH is 1. The Labute approximate surface area is 565 Å². The minimum Gasteiger partial charge on any atom is -0.756 e. The Morgan fingerprint density at radius 1 is 0.396 bits per heavy atom. The van der Waals surface area contributed by atoms with Crippen LogP contribution < -0.4 is 10.2 Å². The maximum absolute atomic E-state index is 13.1. The zero-order valence-electron chi connectivity index (χ0n) is 60.5. The van der Waals surface area contributed by atoms with Crippen LogP contribution in [-0.4, -0.2) is 68.5 Å². The summed E-state index contributed by atoms with van der Waals surface area (Å²) in [6, 6.07) is -0.915. The summed E-state index contributed by atoms with van der Waals surface area (Å²) >= 11 is 0. The molecule has 0 aromatic rings. The first-order valence-corrected chi connectivity index (χ1v) is 40.2. The van der Waals surface area contributed by atoms with Crippen molar-refractivity contribution in [1.82, 2.24) is 5.32 Å². The van der Waals surface area contributed by atoms with Crippen molar-refractivity contribution in [3.05, 3.63) is 109 Å². The second kappa shape index (κ2) is 71.5. The molecule has 9 heteroatoms. The van der Waals surface area contributed by atoms with Gasteiger partial charge in [-0.2, -0.15) is 0 Å². The Morgan fingerprint density at radius 3 is 1.02 bits per heavy atom. The molecular weight excluding hydrogens is 1140 g/mol. The molecule has 8 nitrogen and oxygen atoms in total. The summed E-state index contributed by atoms with van der Waals surface area (Å²) < 4.78 is 23.5. The first-order valence-electron chi connectivity index (χ1n) is 38.7. The lowest BCUT2D eigenvalue weighted by molar-refractivity contribution is -0.870. The normalized spacial score (nSPS) is 14.1. The van der Waals surface area contributed by atoms with E-state index < -0.39 is 26.6 Å². The number of phosphoric ester groups is 1. The third-order valence-electron chi connectivity index (χ3n) is 17.2. The molecule has 0 heterocycles. The summed E-state index contributed by atoms with van der Waals surface area (Å²) in [5.41, 5.74) is 0. The van der Waals surface area contributed by atoms with Gasteiger partial charge < -0.3 is 28.8 Å². The smallest absolute Gasteiger partial charge is 0.268 e. The molecule has 0 saturated heterocycles. The summed E-state index contributed by atoms with van der Waals surface area (Å²) in [6.45, 7) is 4.54. The van der Waals surface area contributed by atoms with Crippen LogP contribution in [0.1, 0.15) is 354 Å². The van der Waals surface area contributed by atoms with E-state index in [0.717, 1.165) is 83.5 Å². The Hall–Kier alpha value is -2.84. The Morgan fingerprint density at radius 2 is 0.681 bits per heavy atom. The van der Waals surface area contributed by atoms with Crippen LogP contribution in [0.2, 0.25) is 0 Å². The Balaban J connectivity index is 4.02. The van der Waals surface area contributed by atoms with Gasteiger partial charge in [0.15, 0.2) is 0 Å². The second-order valence-electron chi connectivity index (χ2n) is 27.3. The van der Waals surface area contributed by atoms with Gasteiger partial charge in [-0.15, -0.1) is 0 Å². The van der Waals surface area contributed by atoms with Crippen molar-refractivity contribution < 1.29 is 32.9 Å². The van der Waals surface area contributed by atoms with Crippen molar-refractivity contribution >= 4 is 13.7 Å². The molecule has 0 saturated carbocycles. The molecule has 91 heavy (non-hydrogen) atoms. The molecule has 0 aliphatic heterocycles. The SMILES string of the molecule is CC/C=C\C/C=C\C/C=C\C/C=C\C/C=C\C/C=C\CCCCCCCCCCCCCCCCCCCCCCCCC(=O)NC(COP(=O)([O-])OCC[N+](C)(C)C)C(O)/C=C/CC/C=C/CC/C=C/CCCCCCCCCCCCCCCCCCCC. The molecule has 3 unspecified atom stereocenters. The van der Waals surface area contributed by atoms with E-state index in [9.17, 15) is 19.4 Å². The summed E-state index contributed by atoms with van der Waals surface area (Å²) in [6.07, 6.45) is 105. The number of unbranched alkanes of at least 4 members (excludes halogenated alkanes) is 42. The van der Waals surface area contributed by atoms with E-state index in [1.807, 2.05) is 27.2 Å². The van der Waals surface area contributed by atoms with Crippen LogP contribution in [0.3, 0.4) is 0 Å². The predicted molar refractivity (Wildman–Crippen MR) is 399 cm³/mol. The minimum absolute atomic E-state index is 0.0107. The number of likely N-dealkylation sites (N-methyl/N-ethyl adjacent to an activating group) is 1. The van der Waals surface area contributed by atoms with Crippen LogP contribution in [0.4, 0.5) is 0 Å². The molecule has 0 fully saturated rings. The molecule has 0 aromatic carbocycles. The lowest BCUT2D eigenvalue weighted by atomic mass is 10.0. The van der Waals surface area contributed by atoms with Crippen molar-refractivity contribution in [2.24, 2.45) is 0 Å². The molecule has 2 N–H and O–H groups in total. The quantitative estimate of drug-likeness (QED) is 0.0272. The number of quaternary nitrogens is 1. The first kappa shape index (κ1) is 88.2. The van der Waals surface area contributed by atoms with E-state index in [4.69, 9.17) is 9.05 Å². The van der Waals surface area contributed by atoms with E-state index in [-0.39, 0.29) is 12.5 Å². The number of aliphatic hydroxyl groups is 1. The van der Waals surface area contributed by atoms with E-state index in [0.29, 0.717) is 17.4 Å². The Bertz CT molecular complexity index is 1860. The van der Waals surface area contributed by atoms with Crippen LogP contribution >= 0.6 is 7.82 Å². The van der Waals surface area contributed by atoms with Gasteiger partial charge in [0.05, 0.1) is 39.9 Å². The molecule has 0 spiro atoms. The minimum atomic E-state index is -4.62. The van der Waals surface area contributed by atoms with Crippen LogP contribution in [-0.2, 0) is 18.4 Å². The highest BCUT2D eigenvalue weighted by Gasteiger charge is 2.23. The fraction of sp³-hybridized carbons (Fsp3) is 0.768. The van der Waals surface area contributed by atoms with Crippen LogP contribution in [0.15, 0.2) is 109 Å². The largest absolute Gasteiger partial charge is 0.756 e. The second-order valence-corrected chi connectivity index (χ2v) is 28.7. The van der Waals surface area contributed by atoms with Gasteiger partial charge in [-0.05, 0) is 96.3 Å². The standard InChI is InChI=1S/C82H149N2O6P/c1-6-8-10-12-14-16-18-20-22-24-26-28-30-32-34-36-37-38-39-40-41-42-43-44-45-46-47-48-50-52-54-56-58-60-62-64-66-68-70-72-74-76-82(86)83-80(79-90-91(87,88)89-78-77-84(3,4)5)81(85)75-73-71-69-67-65-63-61-59-57-55-53-51-49-35-33-31-29-27-25-23-21-19-17-15-13-11-9-7-2/h8,10,14,16,20,22,26,28,32,34,37-38,57,59,65,67,73,75,80-81,85H,6-7,9,11-13,15,17-19,21,23-25,27,29-31,33,35-36,39-56,58,60-64,66,68-72,74,76-79H2,1-5H3,(H-,83,86,87,88)/b10-8-,16-14-,22-20-,28-26-,34-32-,38-37-,59-57+,67-65+,75-73+. The van der Waals surface area contributed by atoms with E-state index in [2.05, 4.69) is 116 Å². The number of hydrogen-bond acceptors (Lipinski definition) is 6. The monoisotopic (exact) mass is 1290 g/mol. The summed E-state index contributed by atoms with van der Waals surface area (Å²) in [7, 11) is 1.24. The zero-order chi connectivity index (χ0) is 66.2. The zero-order valence-corrected chi connectivity index (χ0v) is 61.4. The summed E-state index contributed by atoms with van der Waals surface area (Å²) in [5, 5.41) is 14.0. The van der Waals surface area contributed by atoms with Gasteiger partial charge >= 0.3 is 0 Å². The number of amides is 1. The number of nitrogens with zero attached hydrogens (tertiary/aromatic N) is 1. The van der Waals surface area contributed by atoms with Gasteiger partial charge in [-0.25, -0.2) is 0 Å². The molecule has 0 radical (unpaired) electrons. The predicted octanol–water partition coefficient (Wildman–Crippen LogP) is 24.8. The topological polar surface area (TPSA) is 108 Å². The van der Waals surface area contributed by atoms with Gasteiger partial charge in [-0.3, -0.25) is 9.36 Å². The van der Waals surface area contributed by atoms with Gasteiger partial charge in [0.25, 0.3) is 7.82 Å². The maximum Gasteiger partial charge on any atom is 0.268 e. The first-order chi connectivity index (χ1) is 44.5. The number of carbonyl (C=O) groups excluding carboxylic acids is 1. The van der Waals surface area contributed by atoms with E-state index in [1.165, 1.54) is 250 Å². The number of allylic oxidation sites excluding steroid dienone is 17. The van der Waals surface area contributed by atoms with E-state index >= 15 is 0 Å². The molecule has 528 valence electrons. The highest BCUT2D eigenvalue weighted by molar-refractivity contribution is 7.45. The molecule has 3 atom stereocenters. The van der Waals surface area contributed by atoms with Crippen molar-refractivity contribution in [1.29, 1.82) is 0 Å². The van der Waals surface area contributed by atoms with Gasteiger partial charge in [0.1, 0.15) is 13.2 Å². The fourth-order valence-electron chi connectivity index (χ4n) is 11.3. The Kier molecular flexibility index (Phi) is 69.2. The molecular formula is C82H149N2O6P. The van der Waals surface area contributed by atoms with Gasteiger partial charge in [0, 0.05) is 6.42 Å². The van der Waals surface area contributed by atoms with Crippen LogP contribution in [0.25, 0.3) is 0 Å². The van der Waals surface area contributed by atoms with Gasteiger partial charge in [0.2, 0.25) is 5.91 Å². The molecule has 1 amide bonds. The molecule has 0 bridgehead atoms. The van der Waals surface area contributed by atoms with Gasteiger partial charge in [-0.1, -0.05) is 361 Å². The maximum atomic E-state index is 13.1. The number of phosphoric acid groups is 1. The summed E-state index contributed by atoms with van der Waals surface area (Å²) in [4.78, 5) is 25.7. The molecule has 0 aliphatic carbocycles. The van der Waals surface area contributed by atoms with Crippen molar-refractivity contribution in [3.8, 4) is 0 Å². The van der Waals surface area contributed by atoms with Crippen LogP contribution in [0, 0.1) is 0 Å². The number of nitrogens with one attached hydrogen (secondary N) is 1. The van der Waals surface area contributed by atoms with E-state index in [1.54, 1.807) is 6.08 Å². The molecule has 0 rings (SSSR count). The molecule has 0 aliphatic rings. The number of hydrogen-bond donors (Lipinski definition) is 2. The fourth-order valence-corrected chi connectivity index (χ4v) is 12.0. The molecule has 0 aromatic heterocycles. The third-order valence-corrected chi connectivity index (χ3v) is 18.2. The third kappa shape index (κ3) is 74.4.